The van der Waals surface area contributed by atoms with Crippen LogP contribution in [0.5, 0.6) is 0 Å². The first-order chi connectivity index (χ1) is 12.2. The molecule has 0 aliphatic carbocycles. The number of fused-ring (bicyclic) bond motifs is 1. The number of nitrogens with zero attached hydrogens (tertiary/aromatic N) is 3. The second kappa shape index (κ2) is 8.16. The molecule has 6 heteroatoms. The fourth-order valence-electron chi connectivity index (χ4n) is 2.89. The molecule has 0 bridgehead atoms. The van der Waals surface area contributed by atoms with Crippen LogP contribution in [-0.4, -0.2) is 29.1 Å². The number of nitrogens with one attached hydrogen (secondary N) is 2. The predicted molar refractivity (Wildman–Crippen MR) is 106 cm³/mol. The molecule has 0 atom stereocenters. The monoisotopic (exact) mass is 355 g/mol. The van der Waals surface area contributed by atoms with Gasteiger partial charge >= 0.3 is 0 Å². The van der Waals surface area contributed by atoms with Crippen molar-refractivity contribution in [3.05, 3.63) is 52.0 Å². The number of aryl methyl sites for hydroxylation is 3. The highest BCUT2D eigenvalue weighted by atomic mass is 32.1. The van der Waals surface area contributed by atoms with Crippen molar-refractivity contribution >= 4 is 28.3 Å². The highest BCUT2D eigenvalue weighted by Gasteiger charge is 2.06. The molecule has 0 aliphatic rings. The van der Waals surface area contributed by atoms with Gasteiger partial charge in [0, 0.05) is 29.9 Å². The summed E-state index contributed by atoms with van der Waals surface area (Å²) in [5, 5.41) is 6.75. The Morgan fingerprint density at radius 2 is 2.00 bits per heavy atom. The maximum Gasteiger partial charge on any atom is 0.191 e. The zero-order chi connectivity index (χ0) is 17.6. The van der Waals surface area contributed by atoms with Gasteiger partial charge in [-0.15, -0.1) is 11.3 Å². The third kappa shape index (κ3) is 4.39. The lowest BCUT2D eigenvalue weighted by Crippen LogP contribution is -2.37. The van der Waals surface area contributed by atoms with E-state index in [4.69, 9.17) is 0 Å². The normalized spacial score (nSPS) is 11.9. The van der Waals surface area contributed by atoms with E-state index in [1.165, 1.54) is 15.3 Å². The summed E-state index contributed by atoms with van der Waals surface area (Å²) in [4.78, 5) is 11.6. The van der Waals surface area contributed by atoms with Crippen LogP contribution in [0.4, 0.5) is 0 Å². The fraction of sp³-hybridized carbons (Fsp3) is 0.368. The SMILES string of the molecule is CN=C(NCCCn1c(C)nc2ccccc21)NCc1ccc(C)s1. The van der Waals surface area contributed by atoms with Gasteiger partial charge in [0.2, 0.25) is 0 Å². The van der Waals surface area contributed by atoms with Crippen LogP contribution in [0.2, 0.25) is 0 Å². The molecule has 0 spiro atoms. The smallest absolute Gasteiger partial charge is 0.191 e. The maximum absolute atomic E-state index is 4.62. The molecule has 3 rings (SSSR count). The van der Waals surface area contributed by atoms with Crippen molar-refractivity contribution in [1.82, 2.24) is 20.2 Å². The van der Waals surface area contributed by atoms with Gasteiger partial charge in [-0.05, 0) is 44.5 Å². The lowest BCUT2D eigenvalue weighted by molar-refractivity contribution is 0.624. The van der Waals surface area contributed by atoms with Crippen LogP contribution in [0.15, 0.2) is 41.4 Å². The first kappa shape index (κ1) is 17.5. The Balaban J connectivity index is 1.47. The molecule has 3 aromatic rings. The van der Waals surface area contributed by atoms with E-state index >= 15 is 0 Å². The van der Waals surface area contributed by atoms with Crippen LogP contribution >= 0.6 is 11.3 Å². The Hall–Kier alpha value is -2.34. The number of aliphatic imine (C=N–C) groups is 1. The summed E-state index contributed by atoms with van der Waals surface area (Å²) in [6, 6.07) is 12.6. The Labute approximate surface area is 152 Å². The van der Waals surface area contributed by atoms with Gasteiger partial charge in [-0.2, -0.15) is 0 Å². The summed E-state index contributed by atoms with van der Waals surface area (Å²) in [6.45, 7) is 6.82. The number of guanidine groups is 1. The van der Waals surface area contributed by atoms with Gasteiger partial charge in [0.15, 0.2) is 5.96 Å². The lowest BCUT2D eigenvalue weighted by Gasteiger charge is -2.12. The highest BCUT2D eigenvalue weighted by Crippen LogP contribution is 2.16. The maximum atomic E-state index is 4.62. The van der Waals surface area contributed by atoms with Crippen molar-refractivity contribution in [1.29, 1.82) is 0 Å². The van der Waals surface area contributed by atoms with E-state index in [0.717, 1.165) is 43.4 Å². The van der Waals surface area contributed by atoms with Crippen molar-refractivity contribution < 1.29 is 0 Å². The van der Waals surface area contributed by atoms with E-state index in [1.807, 2.05) is 24.5 Å². The van der Waals surface area contributed by atoms with Gasteiger partial charge in [-0.1, -0.05) is 12.1 Å². The molecule has 2 aromatic heterocycles. The number of rotatable bonds is 6. The predicted octanol–water partition coefficient (Wildman–Crippen LogP) is 3.47. The van der Waals surface area contributed by atoms with E-state index in [1.54, 1.807) is 0 Å². The summed E-state index contributed by atoms with van der Waals surface area (Å²) in [7, 11) is 1.81. The van der Waals surface area contributed by atoms with E-state index in [9.17, 15) is 0 Å². The zero-order valence-electron chi connectivity index (χ0n) is 15.0. The average Bonchev–Trinajstić information content (AvgIpc) is 3.17. The largest absolute Gasteiger partial charge is 0.356 e. The number of benzene rings is 1. The molecule has 0 radical (unpaired) electrons. The fourth-order valence-corrected chi connectivity index (χ4v) is 3.72. The summed E-state index contributed by atoms with van der Waals surface area (Å²) < 4.78 is 2.28. The Morgan fingerprint density at radius 3 is 2.76 bits per heavy atom. The zero-order valence-corrected chi connectivity index (χ0v) is 15.9. The molecule has 0 saturated heterocycles. The van der Waals surface area contributed by atoms with Gasteiger partial charge in [0.1, 0.15) is 5.82 Å². The third-order valence-corrected chi connectivity index (χ3v) is 5.15. The molecule has 0 fully saturated rings. The minimum Gasteiger partial charge on any atom is -0.356 e. The molecule has 25 heavy (non-hydrogen) atoms. The molecule has 0 unspecified atom stereocenters. The van der Waals surface area contributed by atoms with Gasteiger partial charge in [0.25, 0.3) is 0 Å². The molecule has 0 aliphatic heterocycles. The molecular formula is C19H25N5S. The Morgan fingerprint density at radius 1 is 1.16 bits per heavy atom. The molecule has 0 saturated carbocycles. The molecule has 0 amide bonds. The Kier molecular flexibility index (Phi) is 5.71. The van der Waals surface area contributed by atoms with Crippen LogP contribution in [-0.2, 0) is 13.1 Å². The third-order valence-electron chi connectivity index (χ3n) is 4.15. The summed E-state index contributed by atoms with van der Waals surface area (Å²) >= 11 is 1.81. The first-order valence-corrected chi connectivity index (χ1v) is 9.40. The van der Waals surface area contributed by atoms with E-state index in [2.05, 4.69) is 69.4 Å². The summed E-state index contributed by atoms with van der Waals surface area (Å²) in [6.07, 6.45) is 1.01. The second-order valence-corrected chi connectivity index (χ2v) is 7.39. The van der Waals surface area contributed by atoms with Crippen LogP contribution in [0, 0.1) is 13.8 Å². The molecule has 2 N–H and O–H groups in total. The topological polar surface area (TPSA) is 54.2 Å². The first-order valence-electron chi connectivity index (χ1n) is 8.59. The average molecular weight is 356 g/mol. The minimum absolute atomic E-state index is 0.809. The van der Waals surface area contributed by atoms with Gasteiger partial charge in [-0.3, -0.25) is 4.99 Å². The molecular weight excluding hydrogens is 330 g/mol. The van der Waals surface area contributed by atoms with E-state index in [-0.39, 0.29) is 0 Å². The van der Waals surface area contributed by atoms with Crippen molar-refractivity contribution in [2.24, 2.45) is 4.99 Å². The van der Waals surface area contributed by atoms with Crippen molar-refractivity contribution in [3.63, 3.8) is 0 Å². The standard InChI is InChI=1S/C19H25N5S/c1-14-9-10-16(25-14)13-22-19(20-3)21-11-6-12-24-15(2)23-17-7-4-5-8-18(17)24/h4-5,7-10H,6,11-13H2,1-3H3,(H2,20,21,22). The number of para-hydroxylation sites is 2. The number of aromatic nitrogens is 2. The van der Waals surface area contributed by atoms with Gasteiger partial charge in [-0.25, -0.2) is 4.98 Å². The molecule has 1 aromatic carbocycles. The number of hydrogen-bond acceptors (Lipinski definition) is 3. The molecule has 5 nitrogen and oxygen atoms in total. The number of hydrogen-bond donors (Lipinski definition) is 2. The molecule has 2 heterocycles. The van der Waals surface area contributed by atoms with E-state index < -0.39 is 0 Å². The van der Waals surface area contributed by atoms with Crippen LogP contribution in [0.1, 0.15) is 22.0 Å². The van der Waals surface area contributed by atoms with Crippen molar-refractivity contribution in [2.75, 3.05) is 13.6 Å². The van der Waals surface area contributed by atoms with Gasteiger partial charge < -0.3 is 15.2 Å². The quantitative estimate of drug-likeness (QED) is 0.404. The van der Waals surface area contributed by atoms with Crippen molar-refractivity contribution in [2.45, 2.75) is 33.4 Å². The Bertz CT molecular complexity index is 862. The summed E-state index contributed by atoms with van der Waals surface area (Å²) in [5.74, 6) is 1.91. The summed E-state index contributed by atoms with van der Waals surface area (Å²) in [5.41, 5.74) is 2.27. The van der Waals surface area contributed by atoms with Crippen LogP contribution < -0.4 is 10.6 Å². The second-order valence-electron chi connectivity index (χ2n) is 6.02. The minimum atomic E-state index is 0.809. The molecule has 132 valence electrons. The highest BCUT2D eigenvalue weighted by molar-refractivity contribution is 7.11. The van der Waals surface area contributed by atoms with E-state index in [0.29, 0.717) is 0 Å². The van der Waals surface area contributed by atoms with Crippen molar-refractivity contribution in [3.8, 4) is 0 Å². The number of thiophene rings is 1. The van der Waals surface area contributed by atoms with Gasteiger partial charge in [0.05, 0.1) is 17.6 Å². The van der Waals surface area contributed by atoms with Crippen LogP contribution in [0.25, 0.3) is 11.0 Å². The number of imidazole rings is 1. The lowest BCUT2D eigenvalue weighted by atomic mass is 10.3. The van der Waals surface area contributed by atoms with Crippen LogP contribution in [0.3, 0.4) is 0 Å².